The van der Waals surface area contributed by atoms with E-state index in [2.05, 4.69) is 45.4 Å². The number of aromatic amines is 1. The fourth-order valence-electron chi connectivity index (χ4n) is 2.21. The molecule has 0 radical (unpaired) electrons. The molecule has 0 atom stereocenters. The van der Waals surface area contributed by atoms with E-state index in [4.69, 9.17) is 0 Å². The Hall–Kier alpha value is -2.03. The van der Waals surface area contributed by atoms with Gasteiger partial charge in [-0.3, -0.25) is 4.79 Å². The van der Waals surface area contributed by atoms with Crippen LogP contribution in [-0.2, 0) is 11.2 Å². The molecular formula is C18H26IN5O. The number of carbonyl (C=O) groups excluding carboxylic acids is 1. The Kier molecular flexibility index (Phi) is 9.04. The number of carbonyl (C=O) groups is 1. The lowest BCUT2D eigenvalue weighted by atomic mass is 10.2. The van der Waals surface area contributed by atoms with E-state index in [9.17, 15) is 4.79 Å². The first-order valence-corrected chi connectivity index (χ1v) is 8.00. The molecule has 2 rings (SSSR count). The number of para-hydroxylation sites is 1. The molecule has 3 N–H and O–H groups in total. The zero-order valence-corrected chi connectivity index (χ0v) is 17.0. The summed E-state index contributed by atoms with van der Waals surface area (Å²) in [6, 6.07) is 10.4. The maximum absolute atomic E-state index is 11.7. The zero-order valence-electron chi connectivity index (χ0n) is 14.7. The Labute approximate surface area is 165 Å². The van der Waals surface area contributed by atoms with E-state index >= 15 is 0 Å². The van der Waals surface area contributed by atoms with Crippen LogP contribution in [-0.4, -0.2) is 55.5 Å². The molecule has 0 fully saturated rings. The normalized spacial score (nSPS) is 10.9. The van der Waals surface area contributed by atoms with Gasteiger partial charge in [-0.15, -0.1) is 30.6 Å². The van der Waals surface area contributed by atoms with Crippen LogP contribution in [0.4, 0.5) is 0 Å². The summed E-state index contributed by atoms with van der Waals surface area (Å²) in [6.07, 6.45) is 2.59. The molecule has 0 aliphatic carbocycles. The number of hydrogen-bond acceptors (Lipinski definition) is 2. The Morgan fingerprint density at radius 2 is 2.08 bits per heavy atom. The lowest BCUT2D eigenvalue weighted by Crippen LogP contribution is -2.39. The molecule has 0 aliphatic heterocycles. The van der Waals surface area contributed by atoms with Gasteiger partial charge in [-0.25, -0.2) is 4.99 Å². The minimum absolute atomic E-state index is 0. The largest absolute Gasteiger partial charge is 0.358 e. The van der Waals surface area contributed by atoms with Crippen molar-refractivity contribution in [3.05, 3.63) is 48.7 Å². The highest BCUT2D eigenvalue weighted by atomic mass is 127. The Balaban J connectivity index is 0.00000312. The number of H-pyrrole nitrogens is 1. The standard InChI is InChI=1S/C18H25N5O.HI/c1-4-10-19-18(21-13-17(24)23(2)3)20-11-9-15-12-14-7-5-6-8-16(14)22-15;/h4-8,12,22H,1,9-11,13H2,2-3H3,(H2,19,20,21);1H. The van der Waals surface area contributed by atoms with Gasteiger partial charge in [0.2, 0.25) is 5.91 Å². The number of amides is 1. The van der Waals surface area contributed by atoms with Crippen LogP contribution in [0.1, 0.15) is 5.69 Å². The van der Waals surface area contributed by atoms with Gasteiger partial charge < -0.3 is 20.5 Å². The number of nitrogens with zero attached hydrogens (tertiary/aromatic N) is 2. The number of aliphatic imine (C=N–C) groups is 1. The number of hydrogen-bond donors (Lipinski definition) is 3. The van der Waals surface area contributed by atoms with Crippen LogP contribution in [0.25, 0.3) is 10.9 Å². The molecule has 0 saturated carbocycles. The molecule has 25 heavy (non-hydrogen) atoms. The maximum Gasteiger partial charge on any atom is 0.243 e. The molecular weight excluding hydrogens is 429 g/mol. The van der Waals surface area contributed by atoms with Crippen molar-refractivity contribution in [3.8, 4) is 0 Å². The summed E-state index contributed by atoms with van der Waals surface area (Å²) >= 11 is 0. The number of benzene rings is 1. The van der Waals surface area contributed by atoms with E-state index in [-0.39, 0.29) is 36.4 Å². The van der Waals surface area contributed by atoms with E-state index < -0.39 is 0 Å². The van der Waals surface area contributed by atoms with Gasteiger partial charge in [0, 0.05) is 44.8 Å². The minimum atomic E-state index is -0.0367. The third kappa shape index (κ3) is 6.77. The third-order valence-electron chi connectivity index (χ3n) is 3.56. The number of guanidine groups is 1. The number of likely N-dealkylation sites (N-methyl/N-ethyl adjacent to an activating group) is 1. The number of halogens is 1. The van der Waals surface area contributed by atoms with Gasteiger partial charge in [0.25, 0.3) is 0 Å². The van der Waals surface area contributed by atoms with Gasteiger partial charge >= 0.3 is 0 Å². The van der Waals surface area contributed by atoms with Crippen molar-refractivity contribution in [1.82, 2.24) is 20.5 Å². The fraction of sp³-hybridized carbons (Fsp3) is 0.333. The van der Waals surface area contributed by atoms with E-state index in [1.165, 1.54) is 10.3 Å². The second-order valence-corrected chi connectivity index (χ2v) is 5.68. The number of aromatic nitrogens is 1. The highest BCUT2D eigenvalue weighted by Gasteiger charge is 2.05. The van der Waals surface area contributed by atoms with Crippen molar-refractivity contribution in [2.45, 2.75) is 6.42 Å². The van der Waals surface area contributed by atoms with E-state index in [0.29, 0.717) is 19.0 Å². The Morgan fingerprint density at radius 3 is 2.76 bits per heavy atom. The summed E-state index contributed by atoms with van der Waals surface area (Å²) in [5.74, 6) is 0.575. The highest BCUT2D eigenvalue weighted by molar-refractivity contribution is 14.0. The molecule has 1 heterocycles. The highest BCUT2D eigenvalue weighted by Crippen LogP contribution is 2.14. The summed E-state index contributed by atoms with van der Waals surface area (Å²) in [5, 5.41) is 7.57. The lowest BCUT2D eigenvalue weighted by Gasteiger charge is -2.12. The van der Waals surface area contributed by atoms with Crippen molar-refractivity contribution >= 4 is 46.7 Å². The second-order valence-electron chi connectivity index (χ2n) is 5.68. The summed E-state index contributed by atoms with van der Waals surface area (Å²) in [4.78, 5) is 20.9. The average molecular weight is 455 g/mol. The first kappa shape index (κ1) is 21.0. The molecule has 7 heteroatoms. The van der Waals surface area contributed by atoms with Gasteiger partial charge in [-0.2, -0.15) is 0 Å². The molecule has 0 aliphatic rings. The summed E-state index contributed by atoms with van der Waals surface area (Å²) in [5.41, 5.74) is 2.30. The number of rotatable bonds is 7. The van der Waals surface area contributed by atoms with Crippen molar-refractivity contribution < 1.29 is 4.79 Å². The van der Waals surface area contributed by atoms with Crippen molar-refractivity contribution in [1.29, 1.82) is 0 Å². The third-order valence-corrected chi connectivity index (χ3v) is 3.56. The van der Waals surface area contributed by atoms with Gasteiger partial charge in [0.15, 0.2) is 5.96 Å². The van der Waals surface area contributed by atoms with Crippen LogP contribution < -0.4 is 10.6 Å². The van der Waals surface area contributed by atoms with E-state index in [1.807, 2.05) is 12.1 Å². The number of fused-ring (bicyclic) bond motifs is 1. The topological polar surface area (TPSA) is 72.5 Å². The molecule has 2 aromatic rings. The van der Waals surface area contributed by atoms with Gasteiger partial charge in [0.1, 0.15) is 6.54 Å². The molecule has 0 unspecified atom stereocenters. The Morgan fingerprint density at radius 1 is 1.32 bits per heavy atom. The molecule has 1 aromatic heterocycles. The first-order chi connectivity index (χ1) is 11.6. The Bertz CT molecular complexity index is 690. The quantitative estimate of drug-likeness (QED) is 0.259. The molecule has 136 valence electrons. The van der Waals surface area contributed by atoms with Crippen LogP contribution in [0.5, 0.6) is 0 Å². The van der Waals surface area contributed by atoms with Crippen molar-refractivity contribution in [3.63, 3.8) is 0 Å². The fourth-order valence-corrected chi connectivity index (χ4v) is 2.21. The first-order valence-electron chi connectivity index (χ1n) is 8.00. The van der Waals surface area contributed by atoms with E-state index in [0.717, 1.165) is 17.6 Å². The number of nitrogens with one attached hydrogen (secondary N) is 3. The van der Waals surface area contributed by atoms with Gasteiger partial charge in [0.05, 0.1) is 0 Å². The molecule has 6 nitrogen and oxygen atoms in total. The molecule has 0 saturated heterocycles. The van der Waals surface area contributed by atoms with E-state index in [1.54, 1.807) is 20.2 Å². The van der Waals surface area contributed by atoms with Gasteiger partial charge in [-0.1, -0.05) is 24.3 Å². The van der Waals surface area contributed by atoms with Crippen LogP contribution in [0.2, 0.25) is 0 Å². The SMILES string of the molecule is C=CCNC(=NCC(=O)N(C)C)NCCc1cc2ccccc2[nH]1.I. The predicted molar refractivity (Wildman–Crippen MR) is 115 cm³/mol. The smallest absolute Gasteiger partial charge is 0.243 e. The molecule has 0 bridgehead atoms. The zero-order chi connectivity index (χ0) is 17.4. The summed E-state index contributed by atoms with van der Waals surface area (Å²) < 4.78 is 0. The van der Waals surface area contributed by atoms with Crippen LogP contribution in [0.15, 0.2) is 48.0 Å². The van der Waals surface area contributed by atoms with Crippen LogP contribution in [0, 0.1) is 0 Å². The molecule has 1 aromatic carbocycles. The maximum atomic E-state index is 11.7. The molecule has 0 spiro atoms. The van der Waals surface area contributed by atoms with Crippen molar-refractivity contribution in [2.24, 2.45) is 4.99 Å². The molecule has 1 amide bonds. The second kappa shape index (κ2) is 10.8. The average Bonchev–Trinajstić information content (AvgIpc) is 2.99. The van der Waals surface area contributed by atoms with Gasteiger partial charge in [-0.05, 0) is 17.5 Å². The van der Waals surface area contributed by atoms with Crippen LogP contribution >= 0.6 is 24.0 Å². The predicted octanol–water partition coefficient (Wildman–Crippen LogP) is 2.14. The minimum Gasteiger partial charge on any atom is -0.358 e. The van der Waals surface area contributed by atoms with Crippen LogP contribution in [0.3, 0.4) is 0 Å². The monoisotopic (exact) mass is 455 g/mol. The van der Waals surface area contributed by atoms with Crippen molar-refractivity contribution in [2.75, 3.05) is 33.7 Å². The lowest BCUT2D eigenvalue weighted by molar-refractivity contribution is -0.127. The summed E-state index contributed by atoms with van der Waals surface area (Å²) in [6.45, 7) is 5.11. The summed E-state index contributed by atoms with van der Waals surface area (Å²) in [7, 11) is 3.44.